The average Bonchev–Trinajstić information content (AvgIpc) is 2.95. The lowest BCUT2D eigenvalue weighted by atomic mass is 10.0. The molecule has 2 rings (SSSR count). The standard InChI is InChI=1S/C17H18N2O4/c1-11-9-13(10-14(16(11)21-3)17(20)22-4)7-5-6-8-15-19-18-12(2)23-15/h9-10H,6,8H2,1-4H3. The highest BCUT2D eigenvalue weighted by molar-refractivity contribution is 5.93. The van der Waals surface area contributed by atoms with Crippen molar-refractivity contribution in [2.45, 2.75) is 26.7 Å². The van der Waals surface area contributed by atoms with Crippen LogP contribution in [0.3, 0.4) is 0 Å². The summed E-state index contributed by atoms with van der Waals surface area (Å²) in [6, 6.07) is 3.54. The van der Waals surface area contributed by atoms with Gasteiger partial charge in [-0.3, -0.25) is 0 Å². The molecule has 2 aromatic rings. The normalized spacial score (nSPS) is 9.91. The summed E-state index contributed by atoms with van der Waals surface area (Å²) in [5, 5.41) is 7.68. The Balaban J connectivity index is 2.15. The molecule has 6 nitrogen and oxygen atoms in total. The van der Waals surface area contributed by atoms with Crippen molar-refractivity contribution in [2.24, 2.45) is 0 Å². The topological polar surface area (TPSA) is 74.5 Å². The number of aromatic nitrogens is 2. The van der Waals surface area contributed by atoms with E-state index in [1.807, 2.05) is 13.0 Å². The van der Waals surface area contributed by atoms with Crippen LogP contribution in [0.4, 0.5) is 0 Å². The van der Waals surface area contributed by atoms with Crippen molar-refractivity contribution in [3.8, 4) is 17.6 Å². The third-order valence-electron chi connectivity index (χ3n) is 3.15. The van der Waals surface area contributed by atoms with Crippen molar-refractivity contribution in [3.63, 3.8) is 0 Å². The molecule has 0 aliphatic rings. The number of carbonyl (C=O) groups excluding carboxylic acids is 1. The Labute approximate surface area is 134 Å². The first-order valence-corrected chi connectivity index (χ1v) is 7.10. The van der Waals surface area contributed by atoms with E-state index in [1.54, 1.807) is 13.0 Å². The molecule has 0 N–H and O–H groups in total. The molecule has 120 valence electrons. The fourth-order valence-electron chi connectivity index (χ4n) is 2.15. The van der Waals surface area contributed by atoms with Gasteiger partial charge in [0.1, 0.15) is 11.3 Å². The van der Waals surface area contributed by atoms with Gasteiger partial charge in [0.25, 0.3) is 0 Å². The molecule has 0 aliphatic carbocycles. The van der Waals surface area contributed by atoms with E-state index in [9.17, 15) is 4.79 Å². The van der Waals surface area contributed by atoms with Crippen molar-refractivity contribution in [1.82, 2.24) is 10.2 Å². The minimum absolute atomic E-state index is 0.367. The summed E-state index contributed by atoms with van der Waals surface area (Å²) >= 11 is 0. The molecular weight excluding hydrogens is 296 g/mol. The average molecular weight is 314 g/mol. The number of rotatable bonds is 4. The van der Waals surface area contributed by atoms with E-state index in [0.29, 0.717) is 35.9 Å². The summed E-state index contributed by atoms with van der Waals surface area (Å²) in [4.78, 5) is 11.8. The number of aryl methyl sites for hydroxylation is 3. The van der Waals surface area contributed by atoms with E-state index in [2.05, 4.69) is 22.0 Å². The number of methoxy groups -OCH3 is 2. The third-order valence-corrected chi connectivity index (χ3v) is 3.15. The molecule has 0 fully saturated rings. The van der Waals surface area contributed by atoms with Gasteiger partial charge in [-0.05, 0) is 24.6 Å². The van der Waals surface area contributed by atoms with Crippen LogP contribution in [0.2, 0.25) is 0 Å². The first-order valence-electron chi connectivity index (χ1n) is 7.10. The fourth-order valence-corrected chi connectivity index (χ4v) is 2.15. The Morgan fingerprint density at radius 2 is 2.04 bits per heavy atom. The van der Waals surface area contributed by atoms with Crippen molar-refractivity contribution in [1.29, 1.82) is 0 Å². The molecule has 0 radical (unpaired) electrons. The third kappa shape index (κ3) is 4.10. The molecule has 23 heavy (non-hydrogen) atoms. The van der Waals surface area contributed by atoms with Crippen molar-refractivity contribution >= 4 is 5.97 Å². The van der Waals surface area contributed by atoms with E-state index in [4.69, 9.17) is 13.9 Å². The van der Waals surface area contributed by atoms with Crippen LogP contribution in [0, 0.1) is 25.7 Å². The zero-order valence-electron chi connectivity index (χ0n) is 13.6. The van der Waals surface area contributed by atoms with Gasteiger partial charge in [-0.15, -0.1) is 10.2 Å². The number of hydrogen-bond donors (Lipinski definition) is 0. The molecule has 0 atom stereocenters. The minimum atomic E-state index is -0.449. The van der Waals surface area contributed by atoms with Crippen molar-refractivity contribution in [2.75, 3.05) is 14.2 Å². The van der Waals surface area contributed by atoms with E-state index in [1.165, 1.54) is 14.2 Å². The second kappa shape index (κ2) is 7.45. The van der Waals surface area contributed by atoms with E-state index in [-0.39, 0.29) is 0 Å². The van der Waals surface area contributed by atoms with Gasteiger partial charge in [-0.25, -0.2) is 4.79 Å². The van der Waals surface area contributed by atoms with Crippen LogP contribution in [0.5, 0.6) is 5.75 Å². The summed E-state index contributed by atoms with van der Waals surface area (Å²) < 4.78 is 15.3. The van der Waals surface area contributed by atoms with Gasteiger partial charge in [0.2, 0.25) is 11.8 Å². The quantitative estimate of drug-likeness (QED) is 0.637. The summed E-state index contributed by atoms with van der Waals surface area (Å²) in [7, 11) is 2.86. The van der Waals surface area contributed by atoms with Crippen molar-refractivity contribution in [3.05, 3.63) is 40.6 Å². The van der Waals surface area contributed by atoms with E-state index >= 15 is 0 Å². The van der Waals surface area contributed by atoms with Crippen LogP contribution in [0.1, 0.15) is 39.7 Å². The summed E-state index contributed by atoms with van der Waals surface area (Å²) in [5.41, 5.74) is 1.92. The van der Waals surface area contributed by atoms with Crippen LogP contribution in [0.25, 0.3) is 0 Å². The molecule has 0 bridgehead atoms. The number of esters is 1. The van der Waals surface area contributed by atoms with E-state index < -0.39 is 5.97 Å². The molecule has 0 saturated carbocycles. The van der Waals surface area contributed by atoms with Crippen molar-refractivity contribution < 1.29 is 18.7 Å². The number of carbonyl (C=O) groups is 1. The molecule has 0 amide bonds. The Hall–Kier alpha value is -2.81. The Morgan fingerprint density at radius 1 is 1.26 bits per heavy atom. The van der Waals surface area contributed by atoms with Gasteiger partial charge < -0.3 is 13.9 Å². The van der Waals surface area contributed by atoms with Crippen LogP contribution >= 0.6 is 0 Å². The first-order chi connectivity index (χ1) is 11.0. The van der Waals surface area contributed by atoms with Crippen LogP contribution in [0.15, 0.2) is 16.5 Å². The Morgan fingerprint density at radius 3 is 2.65 bits per heavy atom. The Kier molecular flexibility index (Phi) is 5.36. The van der Waals surface area contributed by atoms with Crippen LogP contribution < -0.4 is 4.74 Å². The zero-order valence-corrected chi connectivity index (χ0v) is 13.6. The second-order valence-corrected chi connectivity index (χ2v) is 4.88. The molecule has 0 saturated heterocycles. The van der Waals surface area contributed by atoms with Gasteiger partial charge in [-0.1, -0.05) is 11.8 Å². The second-order valence-electron chi connectivity index (χ2n) is 4.88. The number of benzene rings is 1. The van der Waals surface area contributed by atoms with Gasteiger partial charge in [0.05, 0.1) is 14.2 Å². The highest BCUT2D eigenvalue weighted by Gasteiger charge is 2.15. The number of nitrogens with zero attached hydrogens (tertiary/aromatic N) is 2. The molecule has 1 heterocycles. The highest BCUT2D eigenvalue weighted by atomic mass is 16.5. The molecule has 6 heteroatoms. The number of hydrogen-bond acceptors (Lipinski definition) is 6. The van der Waals surface area contributed by atoms with E-state index in [0.717, 1.165) is 11.1 Å². The lowest BCUT2D eigenvalue weighted by Gasteiger charge is -2.10. The summed E-state index contributed by atoms with van der Waals surface area (Å²) in [6.07, 6.45) is 1.17. The lowest BCUT2D eigenvalue weighted by Crippen LogP contribution is -2.06. The van der Waals surface area contributed by atoms with Gasteiger partial charge in [0, 0.05) is 25.3 Å². The van der Waals surface area contributed by atoms with Crippen LogP contribution in [-0.4, -0.2) is 30.4 Å². The summed E-state index contributed by atoms with van der Waals surface area (Å²) in [5.74, 6) is 7.23. The van der Waals surface area contributed by atoms with Gasteiger partial charge >= 0.3 is 5.97 Å². The fraction of sp³-hybridized carbons (Fsp3) is 0.353. The molecule has 0 spiro atoms. The molecular formula is C17H18N2O4. The number of ether oxygens (including phenoxy) is 2. The molecule has 1 aromatic heterocycles. The summed E-state index contributed by atoms with van der Waals surface area (Å²) in [6.45, 7) is 3.61. The maximum Gasteiger partial charge on any atom is 0.341 e. The lowest BCUT2D eigenvalue weighted by molar-refractivity contribution is 0.0597. The maximum atomic E-state index is 11.8. The maximum absolute atomic E-state index is 11.8. The molecule has 1 aromatic carbocycles. The Bertz CT molecular complexity index is 769. The monoisotopic (exact) mass is 314 g/mol. The predicted molar refractivity (Wildman–Crippen MR) is 83.3 cm³/mol. The SMILES string of the molecule is COC(=O)c1cc(C#CCCc2nnc(C)o2)cc(C)c1OC. The zero-order chi connectivity index (χ0) is 16.8. The van der Waals surface area contributed by atoms with Crippen LogP contribution in [-0.2, 0) is 11.2 Å². The largest absolute Gasteiger partial charge is 0.496 e. The predicted octanol–water partition coefficient (Wildman–Crippen LogP) is 2.47. The molecule has 0 aliphatic heterocycles. The smallest absolute Gasteiger partial charge is 0.341 e. The minimum Gasteiger partial charge on any atom is -0.496 e. The first kappa shape index (κ1) is 16.6. The van der Waals surface area contributed by atoms with Gasteiger partial charge in [-0.2, -0.15) is 0 Å². The van der Waals surface area contributed by atoms with Gasteiger partial charge in [0.15, 0.2) is 0 Å². The molecule has 0 unspecified atom stereocenters. The highest BCUT2D eigenvalue weighted by Crippen LogP contribution is 2.25.